The molecule has 0 saturated heterocycles. The van der Waals surface area contributed by atoms with Gasteiger partial charge in [0, 0.05) is 19.8 Å². The highest BCUT2D eigenvalue weighted by Gasteiger charge is 2.23. The zero-order chi connectivity index (χ0) is 22.7. The predicted octanol–water partition coefficient (Wildman–Crippen LogP) is 2.47. The van der Waals surface area contributed by atoms with Crippen LogP contribution in [-0.2, 0) is 24.8 Å². The third-order valence-electron chi connectivity index (χ3n) is 4.45. The first-order chi connectivity index (χ1) is 13.8. The Hall–Kier alpha value is -2.43. The molecule has 0 bridgehead atoms. The number of hydrogen-bond acceptors (Lipinski definition) is 5. The van der Waals surface area contributed by atoms with Gasteiger partial charge in [0.15, 0.2) is 0 Å². The number of hydrogen-bond donors (Lipinski definition) is 1. The topological polar surface area (TPSA) is 104 Å². The number of nitrogens with zero attached hydrogens (tertiary/aromatic N) is 2. The average molecular weight is 454 g/mol. The molecule has 0 unspecified atom stereocenters. The molecule has 0 spiro atoms. The van der Waals surface area contributed by atoms with Gasteiger partial charge in [0.25, 0.3) is 0 Å². The van der Waals surface area contributed by atoms with Crippen LogP contribution < -0.4 is 9.62 Å². The lowest BCUT2D eigenvalue weighted by atomic mass is 10.0. The Bertz CT molecular complexity index is 1090. The monoisotopic (exact) mass is 453 g/mol. The van der Waals surface area contributed by atoms with Crippen LogP contribution in [0.1, 0.15) is 25.3 Å². The van der Waals surface area contributed by atoms with E-state index >= 15 is 0 Å². The molecule has 0 fully saturated rings. The lowest BCUT2D eigenvalue weighted by Crippen LogP contribution is -2.37. The number of benzene rings is 2. The fourth-order valence-electron chi connectivity index (χ4n) is 2.68. The van der Waals surface area contributed by atoms with Crippen molar-refractivity contribution < 1.29 is 21.6 Å². The maximum Gasteiger partial charge on any atom is 0.245 e. The summed E-state index contributed by atoms with van der Waals surface area (Å²) < 4.78 is 50.9. The van der Waals surface area contributed by atoms with Crippen LogP contribution in [0.25, 0.3) is 0 Å². The molecule has 0 aliphatic heterocycles. The summed E-state index contributed by atoms with van der Waals surface area (Å²) in [6.07, 6.45) is 0.988. The van der Waals surface area contributed by atoms with Crippen LogP contribution in [0.2, 0.25) is 0 Å². The normalized spacial score (nSPS) is 12.2. The second-order valence-electron chi connectivity index (χ2n) is 7.38. The van der Waals surface area contributed by atoms with Gasteiger partial charge in [0.2, 0.25) is 26.0 Å². The molecule has 0 aliphatic rings. The van der Waals surface area contributed by atoms with E-state index in [0.717, 1.165) is 20.4 Å². The zero-order valence-electron chi connectivity index (χ0n) is 17.7. The van der Waals surface area contributed by atoms with Gasteiger partial charge >= 0.3 is 0 Å². The van der Waals surface area contributed by atoms with Crippen molar-refractivity contribution in [3.05, 3.63) is 54.1 Å². The van der Waals surface area contributed by atoms with Crippen LogP contribution in [0.3, 0.4) is 0 Å². The smallest absolute Gasteiger partial charge is 0.245 e. The summed E-state index contributed by atoms with van der Waals surface area (Å²) in [5.41, 5.74) is 1.88. The highest BCUT2D eigenvalue weighted by Crippen LogP contribution is 2.22. The third-order valence-corrected chi connectivity index (χ3v) is 7.42. The van der Waals surface area contributed by atoms with Crippen molar-refractivity contribution in [1.29, 1.82) is 0 Å². The summed E-state index contributed by atoms with van der Waals surface area (Å²) in [4.78, 5) is 12.5. The van der Waals surface area contributed by atoms with Gasteiger partial charge in [-0.3, -0.25) is 9.10 Å². The first-order valence-corrected chi connectivity index (χ1v) is 12.5. The van der Waals surface area contributed by atoms with E-state index in [1.54, 1.807) is 12.1 Å². The minimum absolute atomic E-state index is 0.0272. The lowest BCUT2D eigenvalue weighted by molar-refractivity contribution is -0.114. The van der Waals surface area contributed by atoms with Gasteiger partial charge in [-0.1, -0.05) is 26.0 Å². The molecule has 10 heteroatoms. The molecule has 2 aromatic rings. The molecule has 1 amide bonds. The quantitative estimate of drug-likeness (QED) is 0.661. The van der Waals surface area contributed by atoms with Crippen molar-refractivity contribution in [3.8, 4) is 0 Å². The first-order valence-electron chi connectivity index (χ1n) is 9.22. The highest BCUT2D eigenvalue weighted by atomic mass is 32.2. The van der Waals surface area contributed by atoms with Crippen molar-refractivity contribution >= 4 is 37.3 Å². The lowest BCUT2D eigenvalue weighted by Gasteiger charge is -2.22. The second kappa shape index (κ2) is 9.15. The number of carbonyl (C=O) groups excluding carboxylic acids is 1. The Balaban J connectivity index is 2.21. The minimum atomic E-state index is -3.78. The van der Waals surface area contributed by atoms with E-state index in [1.807, 2.05) is 12.1 Å². The molecule has 1 N–H and O–H groups in total. The Morgan fingerprint density at radius 1 is 0.933 bits per heavy atom. The van der Waals surface area contributed by atoms with Gasteiger partial charge < -0.3 is 5.32 Å². The molecular formula is C20H27N3O5S2. The zero-order valence-corrected chi connectivity index (χ0v) is 19.3. The van der Waals surface area contributed by atoms with Gasteiger partial charge in [0.05, 0.1) is 16.8 Å². The number of amides is 1. The van der Waals surface area contributed by atoms with Gasteiger partial charge in [-0.25, -0.2) is 21.1 Å². The van der Waals surface area contributed by atoms with E-state index in [1.165, 1.54) is 38.4 Å². The first kappa shape index (κ1) is 23.8. The molecule has 8 nitrogen and oxygen atoms in total. The average Bonchev–Trinajstić information content (AvgIpc) is 2.65. The van der Waals surface area contributed by atoms with Gasteiger partial charge in [-0.15, -0.1) is 0 Å². The molecule has 0 radical (unpaired) electrons. The Labute approximate surface area is 178 Å². The Morgan fingerprint density at radius 2 is 1.47 bits per heavy atom. The Kier molecular flexibility index (Phi) is 7.27. The van der Waals surface area contributed by atoms with E-state index in [4.69, 9.17) is 0 Å². The van der Waals surface area contributed by atoms with E-state index < -0.39 is 32.5 Å². The Morgan fingerprint density at radius 3 is 1.90 bits per heavy atom. The maximum absolute atomic E-state index is 12.5. The van der Waals surface area contributed by atoms with Crippen molar-refractivity contribution in [2.24, 2.45) is 0 Å². The summed E-state index contributed by atoms with van der Waals surface area (Å²) in [5.74, 6) is -0.155. The van der Waals surface area contributed by atoms with E-state index in [2.05, 4.69) is 19.2 Å². The molecule has 164 valence electrons. The maximum atomic E-state index is 12.5. The number of sulfonamides is 2. The summed E-state index contributed by atoms with van der Waals surface area (Å²) in [6.45, 7) is 3.68. The van der Waals surface area contributed by atoms with Crippen LogP contribution in [-0.4, -0.2) is 53.9 Å². The fraction of sp³-hybridized carbons (Fsp3) is 0.350. The predicted molar refractivity (Wildman–Crippen MR) is 119 cm³/mol. The van der Waals surface area contributed by atoms with Crippen molar-refractivity contribution in [2.45, 2.75) is 24.7 Å². The molecule has 2 aromatic carbocycles. The van der Waals surface area contributed by atoms with E-state index in [-0.39, 0.29) is 10.6 Å². The molecule has 0 aromatic heterocycles. The van der Waals surface area contributed by atoms with Gasteiger partial charge in [-0.05, 0) is 47.9 Å². The molecule has 0 saturated carbocycles. The number of carbonyl (C=O) groups is 1. The molecule has 0 aliphatic carbocycles. The summed E-state index contributed by atoms with van der Waals surface area (Å²) >= 11 is 0. The van der Waals surface area contributed by atoms with Crippen LogP contribution in [0.5, 0.6) is 0 Å². The van der Waals surface area contributed by atoms with Gasteiger partial charge in [-0.2, -0.15) is 0 Å². The summed E-state index contributed by atoms with van der Waals surface area (Å²) in [7, 11) is -4.60. The van der Waals surface area contributed by atoms with Crippen LogP contribution in [0.15, 0.2) is 53.4 Å². The van der Waals surface area contributed by atoms with Gasteiger partial charge in [0.1, 0.15) is 6.54 Å². The molecule has 2 rings (SSSR count). The van der Waals surface area contributed by atoms with Crippen LogP contribution in [0, 0.1) is 0 Å². The largest absolute Gasteiger partial charge is 0.325 e. The van der Waals surface area contributed by atoms with Crippen LogP contribution >= 0.6 is 0 Å². The number of nitrogens with one attached hydrogen (secondary N) is 1. The standard InChI is InChI=1S/C20H27N3O5S2/c1-15(2)16-6-8-17(9-7-16)21-20(24)14-23(29(5,25)26)18-10-12-19(13-11-18)30(27,28)22(3)4/h6-13,15H,14H2,1-5H3,(H,21,24). The van der Waals surface area contributed by atoms with Crippen molar-refractivity contribution in [3.63, 3.8) is 0 Å². The van der Waals surface area contributed by atoms with Crippen molar-refractivity contribution in [1.82, 2.24) is 4.31 Å². The molecule has 30 heavy (non-hydrogen) atoms. The highest BCUT2D eigenvalue weighted by molar-refractivity contribution is 7.92. The second-order valence-corrected chi connectivity index (χ2v) is 11.4. The number of rotatable bonds is 8. The molecular weight excluding hydrogens is 426 g/mol. The van der Waals surface area contributed by atoms with E-state index in [0.29, 0.717) is 11.6 Å². The number of anilines is 2. The molecule has 0 atom stereocenters. The third kappa shape index (κ3) is 5.80. The summed E-state index contributed by atoms with van der Waals surface area (Å²) in [5, 5.41) is 2.68. The van der Waals surface area contributed by atoms with E-state index in [9.17, 15) is 21.6 Å². The summed E-state index contributed by atoms with van der Waals surface area (Å²) in [6, 6.07) is 12.7. The van der Waals surface area contributed by atoms with Crippen LogP contribution in [0.4, 0.5) is 11.4 Å². The minimum Gasteiger partial charge on any atom is -0.325 e. The SMILES string of the molecule is CC(C)c1ccc(NC(=O)CN(c2ccc(S(=O)(=O)N(C)C)cc2)S(C)(=O)=O)cc1. The van der Waals surface area contributed by atoms with Crippen molar-refractivity contribution in [2.75, 3.05) is 36.5 Å². The fourth-order valence-corrected chi connectivity index (χ4v) is 4.44. The molecule has 0 heterocycles.